The quantitative estimate of drug-likeness (QED) is 0.833. The summed E-state index contributed by atoms with van der Waals surface area (Å²) in [6.07, 6.45) is 5.94. The Morgan fingerprint density at radius 1 is 1.04 bits per heavy atom. The number of likely N-dealkylation sites (tertiary alicyclic amines) is 1. The average molecular weight is 344 g/mol. The minimum atomic E-state index is 0.0457. The number of pyridine rings is 1. The molecule has 2 amide bonds. The molecule has 3 rings (SSSR count). The lowest BCUT2D eigenvalue weighted by atomic mass is 9.92. The highest BCUT2D eigenvalue weighted by atomic mass is 16.2. The normalized spacial score (nSPS) is 24.6. The summed E-state index contributed by atoms with van der Waals surface area (Å²) in [5.41, 5.74) is 0.754. The van der Waals surface area contributed by atoms with Gasteiger partial charge < -0.3 is 9.80 Å². The van der Waals surface area contributed by atoms with Gasteiger partial charge in [-0.1, -0.05) is 13.8 Å². The Kier molecular flexibility index (Phi) is 5.37. The van der Waals surface area contributed by atoms with Crippen molar-refractivity contribution < 1.29 is 9.59 Å². The first-order valence-electron chi connectivity index (χ1n) is 9.32. The van der Waals surface area contributed by atoms with E-state index in [4.69, 9.17) is 0 Å². The van der Waals surface area contributed by atoms with Gasteiger partial charge in [0.15, 0.2) is 0 Å². The molecule has 6 heteroatoms. The van der Waals surface area contributed by atoms with Crippen molar-refractivity contribution in [3.63, 3.8) is 0 Å². The molecular weight excluding hydrogens is 316 g/mol. The summed E-state index contributed by atoms with van der Waals surface area (Å²) < 4.78 is 0. The summed E-state index contributed by atoms with van der Waals surface area (Å²) in [6, 6.07) is 3.56. The molecule has 136 valence electrons. The van der Waals surface area contributed by atoms with Crippen LogP contribution < -0.4 is 0 Å². The second-order valence-electron chi connectivity index (χ2n) is 7.01. The number of carbonyl (C=O) groups is 2. The largest absolute Gasteiger partial charge is 0.340 e. The lowest BCUT2D eigenvalue weighted by Gasteiger charge is -2.45. The van der Waals surface area contributed by atoms with Gasteiger partial charge in [0.2, 0.25) is 5.91 Å². The van der Waals surface area contributed by atoms with Gasteiger partial charge in [0, 0.05) is 69.2 Å². The zero-order chi connectivity index (χ0) is 17.9. The lowest BCUT2D eigenvalue weighted by molar-refractivity contribution is -0.133. The number of carbonyl (C=O) groups excluding carboxylic acids is 2. The molecule has 6 nitrogen and oxygen atoms in total. The molecule has 0 bridgehead atoms. The molecule has 3 heterocycles. The maximum absolute atomic E-state index is 12.7. The summed E-state index contributed by atoms with van der Waals surface area (Å²) in [5, 5.41) is 0. The molecule has 0 aliphatic carbocycles. The fraction of sp³-hybridized carbons (Fsp3) is 0.632. The van der Waals surface area contributed by atoms with Gasteiger partial charge in [-0.3, -0.25) is 19.5 Å². The Morgan fingerprint density at radius 3 is 2.32 bits per heavy atom. The van der Waals surface area contributed by atoms with Gasteiger partial charge in [0.1, 0.15) is 0 Å². The number of piperazine rings is 1. The van der Waals surface area contributed by atoms with E-state index in [9.17, 15) is 9.59 Å². The van der Waals surface area contributed by atoms with Gasteiger partial charge in [0.05, 0.1) is 0 Å². The summed E-state index contributed by atoms with van der Waals surface area (Å²) in [5.74, 6) is 0.337. The Morgan fingerprint density at radius 2 is 1.72 bits per heavy atom. The average Bonchev–Trinajstić information content (AvgIpc) is 3.13. The van der Waals surface area contributed by atoms with E-state index in [1.165, 1.54) is 0 Å². The monoisotopic (exact) mass is 344 g/mol. The Hall–Kier alpha value is -1.95. The highest BCUT2D eigenvalue weighted by Gasteiger charge is 2.44. The van der Waals surface area contributed by atoms with E-state index in [2.05, 4.69) is 16.8 Å². The second kappa shape index (κ2) is 7.52. The van der Waals surface area contributed by atoms with Crippen molar-refractivity contribution in [3.8, 4) is 0 Å². The fourth-order valence-corrected chi connectivity index (χ4v) is 4.13. The Bertz CT molecular complexity index is 613. The van der Waals surface area contributed by atoms with E-state index in [1.807, 2.05) is 16.7 Å². The zero-order valence-electron chi connectivity index (χ0n) is 15.3. The van der Waals surface area contributed by atoms with Crippen molar-refractivity contribution in [1.82, 2.24) is 19.7 Å². The van der Waals surface area contributed by atoms with Crippen LogP contribution in [0, 0.1) is 0 Å². The van der Waals surface area contributed by atoms with E-state index in [-0.39, 0.29) is 17.4 Å². The van der Waals surface area contributed by atoms with Crippen molar-refractivity contribution in [1.29, 1.82) is 0 Å². The van der Waals surface area contributed by atoms with Gasteiger partial charge in [-0.25, -0.2) is 0 Å². The van der Waals surface area contributed by atoms with Gasteiger partial charge in [-0.05, 0) is 25.0 Å². The molecule has 0 aromatic carbocycles. The Labute approximate surface area is 149 Å². The molecular formula is C19H28N4O2. The highest BCUT2D eigenvalue weighted by molar-refractivity contribution is 5.94. The van der Waals surface area contributed by atoms with Crippen LogP contribution in [0.4, 0.5) is 0 Å². The van der Waals surface area contributed by atoms with Crippen LogP contribution in [0.1, 0.15) is 43.5 Å². The van der Waals surface area contributed by atoms with Gasteiger partial charge in [-0.15, -0.1) is 0 Å². The van der Waals surface area contributed by atoms with Gasteiger partial charge in [-0.2, -0.15) is 0 Å². The number of amides is 2. The summed E-state index contributed by atoms with van der Waals surface area (Å²) in [6.45, 7) is 9.09. The number of aromatic nitrogens is 1. The van der Waals surface area contributed by atoms with Crippen LogP contribution in [0.5, 0.6) is 0 Å². The molecule has 2 fully saturated rings. The number of hydrogen-bond donors (Lipinski definition) is 0. The van der Waals surface area contributed by atoms with Crippen LogP contribution in [-0.4, -0.2) is 76.3 Å². The molecule has 0 spiro atoms. The minimum Gasteiger partial charge on any atom is -0.340 e. The first-order valence-corrected chi connectivity index (χ1v) is 9.32. The molecule has 2 aliphatic rings. The van der Waals surface area contributed by atoms with Crippen LogP contribution in [0.3, 0.4) is 0 Å². The molecule has 1 unspecified atom stereocenters. The third-order valence-electron chi connectivity index (χ3n) is 5.81. The predicted octanol–water partition coefficient (Wildman–Crippen LogP) is 1.63. The SMILES string of the molecule is CCC(=O)N1CCN(C2(CC)CCN(C(=O)c3ccncc3)C2)CC1. The van der Waals surface area contributed by atoms with E-state index in [1.54, 1.807) is 24.5 Å². The maximum atomic E-state index is 12.7. The van der Waals surface area contributed by atoms with Crippen molar-refractivity contribution in [2.75, 3.05) is 39.3 Å². The van der Waals surface area contributed by atoms with Crippen molar-refractivity contribution in [2.24, 2.45) is 0 Å². The molecule has 1 aromatic heterocycles. The van der Waals surface area contributed by atoms with Crippen molar-refractivity contribution >= 4 is 11.8 Å². The van der Waals surface area contributed by atoms with Crippen LogP contribution in [0.25, 0.3) is 0 Å². The van der Waals surface area contributed by atoms with E-state index in [0.717, 1.165) is 52.1 Å². The number of nitrogens with zero attached hydrogens (tertiary/aromatic N) is 4. The van der Waals surface area contributed by atoms with Crippen LogP contribution >= 0.6 is 0 Å². The third-order valence-corrected chi connectivity index (χ3v) is 5.81. The Balaban J connectivity index is 1.65. The summed E-state index contributed by atoms with van der Waals surface area (Å²) in [4.78, 5) is 35.1. The van der Waals surface area contributed by atoms with Crippen LogP contribution in [0.2, 0.25) is 0 Å². The van der Waals surface area contributed by atoms with Crippen molar-refractivity contribution in [3.05, 3.63) is 30.1 Å². The van der Waals surface area contributed by atoms with E-state index >= 15 is 0 Å². The molecule has 0 saturated carbocycles. The first-order chi connectivity index (χ1) is 12.1. The predicted molar refractivity (Wildman–Crippen MR) is 96.2 cm³/mol. The van der Waals surface area contributed by atoms with Gasteiger partial charge >= 0.3 is 0 Å². The maximum Gasteiger partial charge on any atom is 0.254 e. The summed E-state index contributed by atoms with van der Waals surface area (Å²) >= 11 is 0. The minimum absolute atomic E-state index is 0.0457. The molecule has 0 radical (unpaired) electrons. The van der Waals surface area contributed by atoms with Crippen molar-refractivity contribution in [2.45, 2.75) is 38.6 Å². The van der Waals surface area contributed by atoms with E-state index < -0.39 is 0 Å². The molecule has 2 saturated heterocycles. The fourth-order valence-electron chi connectivity index (χ4n) is 4.13. The van der Waals surface area contributed by atoms with Crippen LogP contribution in [0.15, 0.2) is 24.5 Å². The van der Waals surface area contributed by atoms with E-state index in [0.29, 0.717) is 12.0 Å². The topological polar surface area (TPSA) is 56.8 Å². The highest BCUT2D eigenvalue weighted by Crippen LogP contribution is 2.33. The molecule has 25 heavy (non-hydrogen) atoms. The lowest BCUT2D eigenvalue weighted by Crippen LogP contribution is -2.59. The number of hydrogen-bond acceptors (Lipinski definition) is 4. The second-order valence-corrected chi connectivity index (χ2v) is 7.01. The smallest absolute Gasteiger partial charge is 0.254 e. The van der Waals surface area contributed by atoms with Crippen LogP contribution in [-0.2, 0) is 4.79 Å². The summed E-state index contributed by atoms with van der Waals surface area (Å²) in [7, 11) is 0. The molecule has 2 aliphatic heterocycles. The molecule has 1 atom stereocenters. The first kappa shape index (κ1) is 17.9. The number of rotatable bonds is 4. The molecule has 0 N–H and O–H groups in total. The zero-order valence-corrected chi connectivity index (χ0v) is 15.3. The standard InChI is InChI=1S/C19H28N4O2/c1-3-17(24)21-11-13-23(14-12-21)19(4-2)7-10-22(15-19)18(25)16-5-8-20-9-6-16/h5-6,8-9H,3-4,7,10-15H2,1-2H3. The van der Waals surface area contributed by atoms with Gasteiger partial charge in [0.25, 0.3) is 5.91 Å². The third kappa shape index (κ3) is 3.54. The molecule has 1 aromatic rings.